The van der Waals surface area contributed by atoms with Crippen LogP contribution >= 0.6 is 0 Å². The fourth-order valence-electron chi connectivity index (χ4n) is 4.42. The Kier molecular flexibility index (Phi) is 5.46. The molecule has 0 radical (unpaired) electrons. The Morgan fingerprint density at radius 2 is 1.96 bits per heavy atom. The third kappa shape index (κ3) is 3.75. The lowest BCUT2D eigenvalue weighted by molar-refractivity contribution is 0.146. The Morgan fingerprint density at radius 1 is 1.17 bits per heavy atom. The Labute approximate surface area is 147 Å². The van der Waals surface area contributed by atoms with E-state index in [1.165, 1.54) is 55.0 Å². The van der Waals surface area contributed by atoms with E-state index in [1.54, 1.807) is 0 Å². The molecule has 4 heterocycles. The van der Waals surface area contributed by atoms with Crippen LogP contribution in [0.25, 0.3) is 0 Å². The summed E-state index contributed by atoms with van der Waals surface area (Å²) in [5.41, 5.74) is 5.46. The monoisotopic (exact) mass is 330 g/mol. The number of allylic oxidation sites excluding steroid dienone is 1. The molecule has 2 bridgehead atoms. The lowest BCUT2D eigenvalue weighted by Crippen LogP contribution is -2.43. The summed E-state index contributed by atoms with van der Waals surface area (Å²) >= 11 is 0. The van der Waals surface area contributed by atoms with Crippen molar-refractivity contribution in [1.82, 2.24) is 19.6 Å². The van der Waals surface area contributed by atoms with E-state index in [0.29, 0.717) is 0 Å². The normalized spacial score (nSPS) is 25.0. The fraction of sp³-hybridized carbons (Fsp3) is 0.750. The molecule has 4 nitrogen and oxygen atoms in total. The van der Waals surface area contributed by atoms with Gasteiger partial charge in [0, 0.05) is 56.6 Å². The zero-order chi connectivity index (χ0) is 17.3. The van der Waals surface area contributed by atoms with Crippen molar-refractivity contribution in [3.63, 3.8) is 0 Å². The molecule has 3 saturated heterocycles. The van der Waals surface area contributed by atoms with E-state index in [1.807, 2.05) is 0 Å². The highest BCUT2D eigenvalue weighted by Gasteiger charge is 2.34. The molecule has 24 heavy (non-hydrogen) atoms. The third-order valence-electron chi connectivity index (χ3n) is 5.85. The van der Waals surface area contributed by atoms with Gasteiger partial charge in [0.1, 0.15) is 0 Å². The minimum Gasteiger partial charge on any atom is -0.297 e. The van der Waals surface area contributed by atoms with Crippen molar-refractivity contribution in [2.75, 3.05) is 26.2 Å². The average Bonchev–Trinajstić information content (AvgIpc) is 2.73. The number of piperidine rings is 1. The number of rotatable bonds is 5. The van der Waals surface area contributed by atoms with E-state index in [9.17, 15) is 0 Å². The van der Waals surface area contributed by atoms with Gasteiger partial charge in [-0.1, -0.05) is 11.6 Å². The lowest BCUT2D eigenvalue weighted by atomic mass is 9.95. The van der Waals surface area contributed by atoms with E-state index in [4.69, 9.17) is 5.10 Å². The zero-order valence-electron chi connectivity index (χ0n) is 16.2. The number of hydrogen-bond acceptors (Lipinski definition) is 3. The summed E-state index contributed by atoms with van der Waals surface area (Å²) in [7, 11) is 0. The first-order chi connectivity index (χ1) is 11.5. The molecule has 1 aromatic heterocycles. The van der Waals surface area contributed by atoms with Crippen LogP contribution in [0.3, 0.4) is 0 Å². The second kappa shape index (κ2) is 7.40. The first-order valence-corrected chi connectivity index (χ1v) is 9.60. The summed E-state index contributed by atoms with van der Waals surface area (Å²) in [6.45, 7) is 17.9. The SMILES string of the molecule is CCn1nc(C)c(CN2C[C@@H]3CC[C@H](C2)N(CC=C(C)C)C3)c1C. The number of fused-ring (bicyclic) bond motifs is 4. The van der Waals surface area contributed by atoms with Crippen LogP contribution in [0.2, 0.25) is 0 Å². The molecular weight excluding hydrogens is 296 g/mol. The van der Waals surface area contributed by atoms with Gasteiger partial charge in [-0.3, -0.25) is 14.5 Å². The second-order valence-corrected chi connectivity index (χ2v) is 7.99. The highest BCUT2D eigenvalue weighted by atomic mass is 15.3. The fourth-order valence-corrected chi connectivity index (χ4v) is 4.42. The van der Waals surface area contributed by atoms with E-state index in [-0.39, 0.29) is 0 Å². The number of aromatic nitrogens is 2. The largest absolute Gasteiger partial charge is 0.297 e. The smallest absolute Gasteiger partial charge is 0.0641 e. The van der Waals surface area contributed by atoms with Gasteiger partial charge in [-0.2, -0.15) is 5.10 Å². The Bertz CT molecular complexity index is 597. The van der Waals surface area contributed by atoms with E-state index in [0.717, 1.165) is 31.6 Å². The molecule has 0 saturated carbocycles. The topological polar surface area (TPSA) is 24.3 Å². The van der Waals surface area contributed by atoms with Crippen LogP contribution in [0.4, 0.5) is 0 Å². The summed E-state index contributed by atoms with van der Waals surface area (Å²) in [6.07, 6.45) is 5.16. The van der Waals surface area contributed by atoms with Gasteiger partial charge in [-0.15, -0.1) is 0 Å². The summed E-state index contributed by atoms with van der Waals surface area (Å²) in [5, 5.41) is 4.71. The summed E-state index contributed by atoms with van der Waals surface area (Å²) in [4.78, 5) is 5.41. The first kappa shape index (κ1) is 17.7. The molecule has 0 N–H and O–H groups in total. The minimum atomic E-state index is 0.723. The molecule has 0 spiro atoms. The molecule has 134 valence electrons. The molecule has 3 fully saturated rings. The van der Waals surface area contributed by atoms with E-state index < -0.39 is 0 Å². The second-order valence-electron chi connectivity index (χ2n) is 7.99. The number of nitrogens with zero attached hydrogens (tertiary/aromatic N) is 4. The van der Waals surface area contributed by atoms with Crippen LogP contribution in [0.15, 0.2) is 11.6 Å². The summed E-state index contributed by atoms with van der Waals surface area (Å²) in [6, 6.07) is 0.723. The molecule has 0 aromatic carbocycles. The highest BCUT2D eigenvalue weighted by Crippen LogP contribution is 2.29. The predicted octanol–water partition coefficient (Wildman–Crippen LogP) is 3.38. The Morgan fingerprint density at radius 3 is 2.62 bits per heavy atom. The van der Waals surface area contributed by atoms with Gasteiger partial charge in [0.15, 0.2) is 0 Å². The molecule has 2 atom stereocenters. The molecule has 3 aliphatic heterocycles. The molecule has 3 aliphatic rings. The maximum atomic E-state index is 4.71. The standard InChI is InChI=1S/C20H34N4/c1-6-24-17(5)20(16(4)21-24)14-22-11-18-7-8-19(13-22)23(12-18)10-9-15(2)3/h9,18-19H,6-8,10-14H2,1-5H3/t18-,19+/m0/s1. The molecule has 0 aliphatic carbocycles. The van der Waals surface area contributed by atoms with Gasteiger partial charge in [-0.25, -0.2) is 0 Å². The molecule has 4 heteroatoms. The van der Waals surface area contributed by atoms with E-state index >= 15 is 0 Å². The van der Waals surface area contributed by atoms with Crippen LogP contribution in [-0.4, -0.2) is 51.8 Å². The van der Waals surface area contributed by atoms with Crippen molar-refractivity contribution in [2.45, 2.75) is 66.6 Å². The minimum absolute atomic E-state index is 0.723. The van der Waals surface area contributed by atoms with Crippen molar-refractivity contribution in [3.05, 3.63) is 28.6 Å². The van der Waals surface area contributed by atoms with Crippen LogP contribution in [0, 0.1) is 19.8 Å². The first-order valence-electron chi connectivity index (χ1n) is 9.60. The lowest BCUT2D eigenvalue weighted by Gasteiger charge is -2.35. The third-order valence-corrected chi connectivity index (χ3v) is 5.85. The van der Waals surface area contributed by atoms with Crippen LogP contribution < -0.4 is 0 Å². The molecule has 0 amide bonds. The van der Waals surface area contributed by atoms with E-state index in [2.05, 4.69) is 55.2 Å². The van der Waals surface area contributed by atoms with Gasteiger partial charge in [0.05, 0.1) is 5.69 Å². The maximum absolute atomic E-state index is 4.71. The predicted molar refractivity (Wildman–Crippen MR) is 100 cm³/mol. The number of hydrogen-bond donors (Lipinski definition) is 0. The highest BCUT2D eigenvalue weighted by molar-refractivity contribution is 5.24. The Hall–Kier alpha value is -1.13. The van der Waals surface area contributed by atoms with Crippen LogP contribution in [0.1, 0.15) is 50.6 Å². The molecule has 0 unspecified atom stereocenters. The van der Waals surface area contributed by atoms with Crippen molar-refractivity contribution in [1.29, 1.82) is 0 Å². The molecular formula is C20H34N4. The van der Waals surface area contributed by atoms with Gasteiger partial charge < -0.3 is 0 Å². The summed E-state index contributed by atoms with van der Waals surface area (Å²) in [5.74, 6) is 0.830. The number of aryl methyl sites for hydroxylation is 2. The van der Waals surface area contributed by atoms with Crippen molar-refractivity contribution < 1.29 is 0 Å². The Balaban J connectivity index is 1.71. The van der Waals surface area contributed by atoms with Crippen LogP contribution in [0.5, 0.6) is 0 Å². The van der Waals surface area contributed by atoms with Crippen molar-refractivity contribution in [3.8, 4) is 0 Å². The zero-order valence-corrected chi connectivity index (χ0v) is 16.2. The quantitative estimate of drug-likeness (QED) is 0.774. The van der Waals surface area contributed by atoms with Crippen molar-refractivity contribution in [2.24, 2.45) is 5.92 Å². The average molecular weight is 331 g/mol. The summed E-state index contributed by atoms with van der Waals surface area (Å²) < 4.78 is 2.15. The van der Waals surface area contributed by atoms with Gasteiger partial charge in [-0.05, 0) is 53.4 Å². The molecule has 4 rings (SSSR count). The van der Waals surface area contributed by atoms with Gasteiger partial charge in [0.2, 0.25) is 0 Å². The van der Waals surface area contributed by atoms with Gasteiger partial charge >= 0.3 is 0 Å². The maximum Gasteiger partial charge on any atom is 0.0641 e. The van der Waals surface area contributed by atoms with Crippen LogP contribution in [-0.2, 0) is 13.1 Å². The van der Waals surface area contributed by atoms with Crippen molar-refractivity contribution >= 4 is 0 Å². The van der Waals surface area contributed by atoms with Gasteiger partial charge in [0.25, 0.3) is 0 Å². The molecule has 1 aromatic rings.